The molecule has 0 bridgehead atoms. The molecule has 0 spiro atoms. The maximum absolute atomic E-state index is 11.9. The van der Waals surface area contributed by atoms with Gasteiger partial charge in [-0.2, -0.15) is 0 Å². The van der Waals surface area contributed by atoms with Crippen molar-refractivity contribution >= 4 is 44.0 Å². The quantitative estimate of drug-likeness (QED) is 0.558. The Balaban J connectivity index is 2.18. The first-order chi connectivity index (χ1) is 10.3. The molecule has 0 saturated carbocycles. The van der Waals surface area contributed by atoms with Gasteiger partial charge in [0.25, 0.3) is 0 Å². The van der Waals surface area contributed by atoms with Crippen LogP contribution in [0.1, 0.15) is 13.8 Å². The zero-order chi connectivity index (χ0) is 16.3. The van der Waals surface area contributed by atoms with Crippen LogP contribution >= 0.6 is 22.6 Å². The second-order valence-corrected chi connectivity index (χ2v) is 8.52. The molecule has 2 aromatic carbocycles. The van der Waals surface area contributed by atoms with Crippen LogP contribution in [0.15, 0.2) is 42.5 Å². The first-order valence-electron chi connectivity index (χ1n) is 6.93. The average molecular weight is 430 g/mol. The van der Waals surface area contributed by atoms with E-state index in [1.807, 2.05) is 44.2 Å². The minimum absolute atomic E-state index is 0.0913. The maximum Gasteiger partial charge on any atom is 0.232 e. The molecule has 0 atom stereocenters. The second-order valence-electron chi connectivity index (χ2n) is 5.59. The molecule has 0 unspecified atom stereocenters. The van der Waals surface area contributed by atoms with E-state index >= 15 is 0 Å². The molecule has 0 fully saturated rings. The molecule has 6 heteroatoms. The van der Waals surface area contributed by atoms with Gasteiger partial charge in [0.2, 0.25) is 10.0 Å². The number of halogens is 1. The molecular formula is C16H19IN2O2S. The molecule has 0 heterocycles. The lowest BCUT2D eigenvalue weighted by Crippen LogP contribution is -2.19. The summed E-state index contributed by atoms with van der Waals surface area (Å²) in [7, 11) is -3.29. The van der Waals surface area contributed by atoms with Gasteiger partial charge in [0.15, 0.2) is 0 Å². The SMILES string of the molecule is CC(C)CS(=O)(=O)Nc1ccc(-c2ccc(N)c(I)c2)cc1. The van der Waals surface area contributed by atoms with Crippen molar-refractivity contribution in [2.24, 2.45) is 5.92 Å². The predicted molar refractivity (Wildman–Crippen MR) is 101 cm³/mol. The lowest BCUT2D eigenvalue weighted by atomic mass is 10.1. The van der Waals surface area contributed by atoms with Gasteiger partial charge in [-0.25, -0.2) is 8.42 Å². The Morgan fingerprint density at radius 2 is 1.68 bits per heavy atom. The van der Waals surface area contributed by atoms with E-state index in [1.165, 1.54) is 0 Å². The summed E-state index contributed by atoms with van der Waals surface area (Å²) in [6.45, 7) is 3.76. The highest BCUT2D eigenvalue weighted by molar-refractivity contribution is 14.1. The molecular weight excluding hydrogens is 411 g/mol. The number of benzene rings is 2. The fourth-order valence-electron chi connectivity index (χ4n) is 2.10. The molecule has 0 aliphatic carbocycles. The number of sulfonamides is 1. The molecule has 0 aliphatic rings. The van der Waals surface area contributed by atoms with Crippen molar-refractivity contribution in [2.75, 3.05) is 16.2 Å². The first-order valence-corrected chi connectivity index (χ1v) is 9.66. The Morgan fingerprint density at radius 1 is 1.09 bits per heavy atom. The molecule has 22 heavy (non-hydrogen) atoms. The van der Waals surface area contributed by atoms with Gasteiger partial charge in [-0.1, -0.05) is 32.0 Å². The van der Waals surface area contributed by atoms with Crippen LogP contribution in [0.2, 0.25) is 0 Å². The van der Waals surface area contributed by atoms with Crippen LogP contribution in [0.3, 0.4) is 0 Å². The summed E-state index contributed by atoms with van der Waals surface area (Å²) in [5.74, 6) is 0.207. The van der Waals surface area contributed by atoms with Crippen LogP contribution in [0.4, 0.5) is 11.4 Å². The van der Waals surface area contributed by atoms with Gasteiger partial charge < -0.3 is 5.73 Å². The number of anilines is 2. The number of nitrogens with two attached hydrogens (primary N) is 1. The summed E-state index contributed by atoms with van der Waals surface area (Å²) in [4.78, 5) is 0. The summed E-state index contributed by atoms with van der Waals surface area (Å²) in [6, 6.07) is 13.2. The van der Waals surface area contributed by atoms with Crippen LogP contribution in [0, 0.1) is 9.49 Å². The lowest BCUT2D eigenvalue weighted by Gasteiger charge is -2.11. The summed E-state index contributed by atoms with van der Waals surface area (Å²) < 4.78 is 27.4. The van der Waals surface area contributed by atoms with Crippen LogP contribution in [-0.4, -0.2) is 14.2 Å². The molecule has 2 rings (SSSR count). The Hall–Kier alpha value is -1.28. The van der Waals surface area contributed by atoms with Crippen molar-refractivity contribution < 1.29 is 8.42 Å². The van der Waals surface area contributed by atoms with Crippen molar-refractivity contribution in [3.8, 4) is 11.1 Å². The number of nitrogen functional groups attached to an aromatic ring is 1. The minimum Gasteiger partial charge on any atom is -0.398 e. The molecule has 0 aromatic heterocycles. The van der Waals surface area contributed by atoms with Gasteiger partial charge in [-0.15, -0.1) is 0 Å². The van der Waals surface area contributed by atoms with Crippen molar-refractivity contribution in [2.45, 2.75) is 13.8 Å². The van der Waals surface area contributed by atoms with E-state index in [9.17, 15) is 8.42 Å². The van der Waals surface area contributed by atoms with Crippen molar-refractivity contribution in [1.29, 1.82) is 0 Å². The maximum atomic E-state index is 11.9. The number of hydrogen-bond donors (Lipinski definition) is 2. The fourth-order valence-corrected chi connectivity index (χ4v) is 4.07. The van der Waals surface area contributed by atoms with Crippen LogP contribution in [-0.2, 0) is 10.0 Å². The third-order valence-corrected chi connectivity index (χ3v) is 5.63. The molecule has 0 amide bonds. The summed E-state index contributed by atoms with van der Waals surface area (Å²) in [6.07, 6.45) is 0. The third kappa shape index (κ3) is 4.61. The van der Waals surface area contributed by atoms with E-state index in [4.69, 9.17) is 5.73 Å². The van der Waals surface area contributed by atoms with Crippen molar-refractivity contribution in [3.05, 3.63) is 46.0 Å². The first kappa shape index (κ1) is 17.1. The fraction of sp³-hybridized carbons (Fsp3) is 0.250. The van der Waals surface area contributed by atoms with Gasteiger partial charge in [0, 0.05) is 14.9 Å². The molecule has 0 saturated heterocycles. The zero-order valence-corrected chi connectivity index (χ0v) is 15.5. The van der Waals surface area contributed by atoms with Gasteiger partial charge in [0.05, 0.1) is 5.75 Å². The third-order valence-electron chi connectivity index (χ3n) is 3.04. The van der Waals surface area contributed by atoms with E-state index in [-0.39, 0.29) is 11.7 Å². The van der Waals surface area contributed by atoms with E-state index in [1.54, 1.807) is 12.1 Å². The molecule has 0 radical (unpaired) electrons. The summed E-state index contributed by atoms with van der Waals surface area (Å²) in [5.41, 5.74) is 9.22. The van der Waals surface area contributed by atoms with Crippen LogP contribution in [0.25, 0.3) is 11.1 Å². The van der Waals surface area contributed by atoms with Gasteiger partial charge in [-0.05, 0) is 63.9 Å². The molecule has 4 nitrogen and oxygen atoms in total. The predicted octanol–water partition coefficient (Wildman–Crippen LogP) is 3.94. The van der Waals surface area contributed by atoms with Crippen molar-refractivity contribution in [3.63, 3.8) is 0 Å². The Morgan fingerprint density at radius 3 is 2.23 bits per heavy atom. The molecule has 118 valence electrons. The zero-order valence-electron chi connectivity index (χ0n) is 12.5. The molecule has 2 aromatic rings. The second kappa shape index (κ2) is 6.87. The lowest BCUT2D eigenvalue weighted by molar-refractivity contribution is 0.587. The van der Waals surface area contributed by atoms with E-state index in [2.05, 4.69) is 27.3 Å². The number of rotatable bonds is 5. The highest BCUT2D eigenvalue weighted by atomic mass is 127. The van der Waals surface area contributed by atoms with Gasteiger partial charge >= 0.3 is 0 Å². The van der Waals surface area contributed by atoms with Gasteiger partial charge in [-0.3, -0.25) is 4.72 Å². The molecule has 3 N–H and O–H groups in total. The smallest absolute Gasteiger partial charge is 0.232 e. The highest BCUT2D eigenvalue weighted by Crippen LogP contribution is 2.26. The Kier molecular flexibility index (Phi) is 5.33. The monoisotopic (exact) mass is 430 g/mol. The summed E-state index contributed by atoms with van der Waals surface area (Å²) >= 11 is 2.20. The molecule has 0 aliphatic heterocycles. The van der Waals surface area contributed by atoms with E-state index in [0.29, 0.717) is 5.69 Å². The van der Waals surface area contributed by atoms with E-state index in [0.717, 1.165) is 20.4 Å². The normalized spacial score (nSPS) is 11.6. The Bertz CT molecular complexity index is 756. The van der Waals surface area contributed by atoms with Crippen LogP contribution < -0.4 is 10.5 Å². The Labute approximate surface area is 145 Å². The number of nitrogens with one attached hydrogen (secondary N) is 1. The average Bonchev–Trinajstić information content (AvgIpc) is 2.41. The van der Waals surface area contributed by atoms with Crippen LogP contribution in [0.5, 0.6) is 0 Å². The number of hydrogen-bond acceptors (Lipinski definition) is 3. The standard InChI is InChI=1S/C16H19IN2O2S/c1-11(2)10-22(20,21)19-14-6-3-12(4-7-14)13-5-8-16(18)15(17)9-13/h3-9,11,19H,10,18H2,1-2H3. The van der Waals surface area contributed by atoms with Gasteiger partial charge in [0.1, 0.15) is 0 Å². The highest BCUT2D eigenvalue weighted by Gasteiger charge is 2.12. The minimum atomic E-state index is -3.29. The van der Waals surface area contributed by atoms with Crippen molar-refractivity contribution in [1.82, 2.24) is 0 Å². The van der Waals surface area contributed by atoms with E-state index < -0.39 is 10.0 Å². The largest absolute Gasteiger partial charge is 0.398 e. The topological polar surface area (TPSA) is 72.2 Å². The summed E-state index contributed by atoms with van der Waals surface area (Å²) in [5, 5.41) is 0.